The average Bonchev–Trinajstić information content (AvgIpc) is 3.33. The predicted octanol–water partition coefficient (Wildman–Crippen LogP) is 1.31. The van der Waals surface area contributed by atoms with E-state index in [2.05, 4.69) is 15.1 Å². The molecule has 1 aromatic heterocycles. The van der Waals surface area contributed by atoms with Gasteiger partial charge < -0.3 is 14.3 Å². The SMILES string of the molecule is CCC1=NC(N2CC3CN(C(=O)Cc4c(C)noc4C)CC3C2)=NC(=O)C1F. The van der Waals surface area contributed by atoms with Crippen LogP contribution in [0.2, 0.25) is 0 Å². The van der Waals surface area contributed by atoms with Gasteiger partial charge in [0.25, 0.3) is 5.91 Å². The molecule has 2 fully saturated rings. The molecule has 0 radical (unpaired) electrons. The number of aryl methyl sites for hydroxylation is 2. The summed E-state index contributed by atoms with van der Waals surface area (Å²) in [6.07, 6.45) is -1.03. The summed E-state index contributed by atoms with van der Waals surface area (Å²) >= 11 is 0. The van der Waals surface area contributed by atoms with Crippen LogP contribution < -0.4 is 0 Å². The highest BCUT2D eigenvalue weighted by Gasteiger charge is 2.43. The van der Waals surface area contributed by atoms with Crippen molar-refractivity contribution >= 4 is 23.5 Å². The number of likely N-dealkylation sites (tertiary alicyclic amines) is 2. The Morgan fingerprint density at radius 1 is 1.18 bits per heavy atom. The molecule has 2 saturated heterocycles. The molecule has 0 spiro atoms. The third-order valence-electron chi connectivity index (χ3n) is 5.96. The maximum Gasteiger partial charge on any atom is 0.289 e. The van der Waals surface area contributed by atoms with Gasteiger partial charge in [0.1, 0.15) is 5.76 Å². The van der Waals surface area contributed by atoms with Gasteiger partial charge in [-0.25, -0.2) is 9.38 Å². The Bertz CT molecular complexity index is 843. The van der Waals surface area contributed by atoms with E-state index in [9.17, 15) is 14.0 Å². The molecular formula is C19H24FN5O3. The van der Waals surface area contributed by atoms with Crippen LogP contribution in [-0.4, -0.2) is 70.8 Å². The van der Waals surface area contributed by atoms with Crippen molar-refractivity contribution in [2.24, 2.45) is 21.8 Å². The second-order valence-corrected chi connectivity index (χ2v) is 7.77. The fourth-order valence-corrected chi connectivity index (χ4v) is 4.28. The zero-order valence-electron chi connectivity index (χ0n) is 16.3. The first-order chi connectivity index (χ1) is 13.4. The van der Waals surface area contributed by atoms with Crippen molar-refractivity contribution in [2.75, 3.05) is 26.2 Å². The Balaban J connectivity index is 1.39. The van der Waals surface area contributed by atoms with Gasteiger partial charge in [0.05, 0.1) is 17.8 Å². The van der Waals surface area contributed by atoms with Gasteiger partial charge in [-0.1, -0.05) is 12.1 Å². The number of hydrogen-bond donors (Lipinski definition) is 0. The van der Waals surface area contributed by atoms with Gasteiger partial charge in [-0.05, 0) is 20.3 Å². The highest BCUT2D eigenvalue weighted by atomic mass is 19.1. The first-order valence-electron chi connectivity index (χ1n) is 9.65. The highest BCUT2D eigenvalue weighted by Crippen LogP contribution is 2.32. The fourth-order valence-electron chi connectivity index (χ4n) is 4.28. The monoisotopic (exact) mass is 389 g/mol. The zero-order chi connectivity index (χ0) is 20.0. The van der Waals surface area contributed by atoms with Crippen LogP contribution >= 0.6 is 0 Å². The van der Waals surface area contributed by atoms with Gasteiger partial charge in [0.15, 0.2) is 0 Å². The Labute approximate surface area is 162 Å². The molecule has 4 heterocycles. The lowest BCUT2D eigenvalue weighted by Crippen LogP contribution is -2.39. The summed E-state index contributed by atoms with van der Waals surface area (Å²) in [5, 5.41) is 3.91. The molecule has 3 aliphatic heterocycles. The molecule has 2 amide bonds. The summed E-state index contributed by atoms with van der Waals surface area (Å²) in [6.45, 7) is 8.12. The standard InChI is InChI=1S/C19H24FN5O3/c1-4-15-17(20)18(27)22-19(21-15)25-8-12-6-24(7-13(12)9-25)16(26)5-14-10(2)23-28-11(14)3/h12-13,17H,4-9H2,1-3H3. The van der Waals surface area contributed by atoms with Crippen molar-refractivity contribution in [1.29, 1.82) is 0 Å². The average molecular weight is 389 g/mol. The quantitative estimate of drug-likeness (QED) is 0.777. The van der Waals surface area contributed by atoms with Gasteiger partial charge in [-0.2, -0.15) is 4.99 Å². The number of rotatable bonds is 3. The zero-order valence-corrected chi connectivity index (χ0v) is 16.3. The number of guanidine groups is 1. The number of fused-ring (bicyclic) bond motifs is 1. The van der Waals surface area contributed by atoms with E-state index in [-0.39, 0.29) is 11.6 Å². The van der Waals surface area contributed by atoms with Crippen LogP contribution in [0.3, 0.4) is 0 Å². The second-order valence-electron chi connectivity index (χ2n) is 7.77. The molecule has 3 atom stereocenters. The number of nitrogens with zero attached hydrogens (tertiary/aromatic N) is 5. The van der Waals surface area contributed by atoms with Crippen molar-refractivity contribution < 1.29 is 18.5 Å². The number of halogens is 1. The van der Waals surface area contributed by atoms with E-state index in [1.807, 2.05) is 23.6 Å². The van der Waals surface area contributed by atoms with Gasteiger partial charge in [-0.15, -0.1) is 0 Å². The van der Waals surface area contributed by atoms with Gasteiger partial charge >= 0.3 is 0 Å². The predicted molar refractivity (Wildman–Crippen MR) is 99.9 cm³/mol. The number of amides is 2. The van der Waals surface area contributed by atoms with Crippen molar-refractivity contribution in [2.45, 2.75) is 39.8 Å². The maximum absolute atomic E-state index is 13.8. The van der Waals surface area contributed by atoms with Crippen molar-refractivity contribution in [3.63, 3.8) is 0 Å². The molecule has 0 N–H and O–H groups in total. The topological polar surface area (TPSA) is 91.4 Å². The molecule has 28 heavy (non-hydrogen) atoms. The van der Waals surface area contributed by atoms with Gasteiger partial charge in [0, 0.05) is 43.6 Å². The Kier molecular flexibility index (Phi) is 4.76. The first kappa shape index (κ1) is 18.8. The molecule has 9 heteroatoms. The van der Waals surface area contributed by atoms with Crippen LogP contribution in [-0.2, 0) is 16.0 Å². The van der Waals surface area contributed by atoms with E-state index < -0.39 is 12.1 Å². The number of hydrogen-bond acceptors (Lipinski definition) is 6. The van der Waals surface area contributed by atoms with E-state index in [1.54, 1.807) is 6.92 Å². The third-order valence-corrected chi connectivity index (χ3v) is 5.96. The molecule has 3 aliphatic rings. The number of aromatic nitrogens is 1. The number of alkyl halides is 1. The molecule has 0 bridgehead atoms. The van der Waals surface area contributed by atoms with E-state index in [4.69, 9.17) is 4.52 Å². The summed E-state index contributed by atoms with van der Waals surface area (Å²) in [6, 6.07) is 0. The van der Waals surface area contributed by atoms with E-state index in [0.29, 0.717) is 62.6 Å². The molecule has 8 nitrogen and oxygen atoms in total. The Morgan fingerprint density at radius 2 is 1.86 bits per heavy atom. The molecular weight excluding hydrogens is 365 g/mol. The minimum absolute atomic E-state index is 0.0760. The summed E-state index contributed by atoms with van der Waals surface area (Å²) in [5.41, 5.74) is 1.86. The summed E-state index contributed by atoms with van der Waals surface area (Å²) in [5.74, 6) is 0.915. The van der Waals surface area contributed by atoms with Crippen LogP contribution in [0.1, 0.15) is 30.4 Å². The van der Waals surface area contributed by atoms with E-state index in [0.717, 1.165) is 11.3 Å². The third kappa shape index (κ3) is 3.22. The second kappa shape index (κ2) is 7.10. The number of carbonyl (C=O) groups is 2. The lowest BCUT2D eigenvalue weighted by Gasteiger charge is -2.24. The number of carbonyl (C=O) groups excluding carboxylic acids is 2. The lowest BCUT2D eigenvalue weighted by molar-refractivity contribution is -0.129. The summed E-state index contributed by atoms with van der Waals surface area (Å²) < 4.78 is 19.0. The Morgan fingerprint density at radius 3 is 2.43 bits per heavy atom. The van der Waals surface area contributed by atoms with Crippen molar-refractivity contribution in [1.82, 2.24) is 15.0 Å². The van der Waals surface area contributed by atoms with Crippen LogP contribution in [0.5, 0.6) is 0 Å². The minimum atomic E-state index is -1.71. The van der Waals surface area contributed by atoms with Gasteiger partial charge in [-0.3, -0.25) is 9.59 Å². The fraction of sp³-hybridized carbons (Fsp3) is 0.632. The van der Waals surface area contributed by atoms with Crippen LogP contribution in [0, 0.1) is 25.7 Å². The van der Waals surface area contributed by atoms with Crippen LogP contribution in [0.15, 0.2) is 14.5 Å². The molecule has 3 unspecified atom stereocenters. The molecule has 0 aliphatic carbocycles. The molecule has 0 saturated carbocycles. The maximum atomic E-state index is 13.8. The Hall–Kier alpha value is -2.58. The van der Waals surface area contributed by atoms with E-state index in [1.165, 1.54) is 0 Å². The van der Waals surface area contributed by atoms with Crippen LogP contribution in [0.25, 0.3) is 0 Å². The van der Waals surface area contributed by atoms with Crippen molar-refractivity contribution in [3.8, 4) is 0 Å². The largest absolute Gasteiger partial charge is 0.361 e. The summed E-state index contributed by atoms with van der Waals surface area (Å²) in [4.78, 5) is 36.4. The smallest absolute Gasteiger partial charge is 0.289 e. The molecule has 4 rings (SSSR count). The molecule has 150 valence electrons. The lowest BCUT2D eigenvalue weighted by atomic mass is 10.0. The van der Waals surface area contributed by atoms with Gasteiger partial charge in [0.2, 0.25) is 18.0 Å². The van der Waals surface area contributed by atoms with E-state index >= 15 is 0 Å². The van der Waals surface area contributed by atoms with Crippen LogP contribution in [0.4, 0.5) is 4.39 Å². The first-order valence-corrected chi connectivity index (χ1v) is 9.65. The molecule has 0 aromatic carbocycles. The van der Waals surface area contributed by atoms with Crippen molar-refractivity contribution in [3.05, 3.63) is 17.0 Å². The number of aliphatic imine (C=N–C) groups is 2. The summed E-state index contributed by atoms with van der Waals surface area (Å²) in [7, 11) is 0. The normalized spacial score (nSPS) is 27.1. The minimum Gasteiger partial charge on any atom is -0.361 e. The highest BCUT2D eigenvalue weighted by molar-refractivity contribution is 6.17. The molecule has 1 aromatic rings.